The van der Waals surface area contributed by atoms with Gasteiger partial charge < -0.3 is 5.32 Å². The molecule has 0 amide bonds. The molecule has 14 heavy (non-hydrogen) atoms. The number of aryl methyl sites for hydroxylation is 1. The Labute approximate surface area is 85.7 Å². The zero-order valence-electron chi connectivity index (χ0n) is 8.96. The highest BCUT2D eigenvalue weighted by Crippen LogP contribution is 2.36. The molecule has 0 saturated heterocycles. The Balaban J connectivity index is 1.87. The zero-order chi connectivity index (χ0) is 9.97. The van der Waals surface area contributed by atoms with E-state index >= 15 is 0 Å². The predicted molar refractivity (Wildman–Crippen MR) is 59.4 cm³/mol. The predicted octanol–water partition coefficient (Wildman–Crippen LogP) is 2.85. The fourth-order valence-corrected chi connectivity index (χ4v) is 1.77. The Morgan fingerprint density at radius 3 is 3.00 bits per heavy atom. The standard InChI is InChI=1S/C12H18N2/c1-9(11-3-4-11)8-14-12-5-6-13-7-10(12)2/h5-7,9,11H,3-4,8H2,1-2H3,(H,13,14). The van der Waals surface area contributed by atoms with E-state index in [9.17, 15) is 0 Å². The summed E-state index contributed by atoms with van der Waals surface area (Å²) in [6, 6.07) is 2.05. The van der Waals surface area contributed by atoms with Crippen molar-refractivity contribution in [3.63, 3.8) is 0 Å². The normalized spacial score (nSPS) is 17.9. The molecule has 0 spiro atoms. The van der Waals surface area contributed by atoms with Gasteiger partial charge >= 0.3 is 0 Å². The molecule has 1 aromatic heterocycles. The van der Waals surface area contributed by atoms with Gasteiger partial charge in [-0.15, -0.1) is 0 Å². The Hall–Kier alpha value is -1.05. The van der Waals surface area contributed by atoms with E-state index in [0.717, 1.165) is 18.4 Å². The second-order valence-corrected chi connectivity index (χ2v) is 4.39. The van der Waals surface area contributed by atoms with Crippen molar-refractivity contribution >= 4 is 5.69 Å². The van der Waals surface area contributed by atoms with Crippen molar-refractivity contribution in [3.8, 4) is 0 Å². The molecule has 1 atom stereocenters. The maximum Gasteiger partial charge on any atom is 0.0400 e. The van der Waals surface area contributed by atoms with Crippen LogP contribution in [0, 0.1) is 18.8 Å². The van der Waals surface area contributed by atoms with E-state index in [0.29, 0.717) is 0 Å². The van der Waals surface area contributed by atoms with Gasteiger partial charge in [-0.2, -0.15) is 0 Å². The Morgan fingerprint density at radius 1 is 1.57 bits per heavy atom. The van der Waals surface area contributed by atoms with Gasteiger partial charge in [0.05, 0.1) is 0 Å². The molecule has 1 N–H and O–H groups in total. The summed E-state index contributed by atoms with van der Waals surface area (Å²) >= 11 is 0. The van der Waals surface area contributed by atoms with Crippen LogP contribution in [-0.2, 0) is 0 Å². The minimum atomic E-state index is 0.808. The van der Waals surface area contributed by atoms with Gasteiger partial charge in [-0.25, -0.2) is 0 Å². The lowest BCUT2D eigenvalue weighted by Crippen LogP contribution is -2.13. The lowest BCUT2D eigenvalue weighted by molar-refractivity contribution is 0.536. The molecule has 0 bridgehead atoms. The van der Waals surface area contributed by atoms with Gasteiger partial charge in [0.1, 0.15) is 0 Å². The number of anilines is 1. The highest BCUT2D eigenvalue weighted by Gasteiger charge is 2.27. The molecule has 1 aliphatic rings. The van der Waals surface area contributed by atoms with E-state index < -0.39 is 0 Å². The van der Waals surface area contributed by atoms with Crippen molar-refractivity contribution in [2.24, 2.45) is 11.8 Å². The van der Waals surface area contributed by atoms with Gasteiger partial charge in [0.2, 0.25) is 0 Å². The molecule has 76 valence electrons. The lowest BCUT2D eigenvalue weighted by atomic mass is 10.1. The summed E-state index contributed by atoms with van der Waals surface area (Å²) in [6.07, 6.45) is 6.61. The Morgan fingerprint density at radius 2 is 2.36 bits per heavy atom. The number of rotatable bonds is 4. The van der Waals surface area contributed by atoms with Crippen molar-refractivity contribution in [1.82, 2.24) is 4.98 Å². The van der Waals surface area contributed by atoms with E-state index in [-0.39, 0.29) is 0 Å². The third-order valence-electron chi connectivity index (χ3n) is 3.06. The van der Waals surface area contributed by atoms with E-state index in [1.165, 1.54) is 24.1 Å². The molecule has 0 aromatic carbocycles. The molecule has 1 aliphatic carbocycles. The van der Waals surface area contributed by atoms with Gasteiger partial charge in [-0.1, -0.05) is 6.92 Å². The monoisotopic (exact) mass is 190 g/mol. The van der Waals surface area contributed by atoms with Crippen LogP contribution >= 0.6 is 0 Å². The quantitative estimate of drug-likeness (QED) is 0.789. The third-order valence-corrected chi connectivity index (χ3v) is 3.06. The van der Waals surface area contributed by atoms with Crippen LogP contribution in [0.1, 0.15) is 25.3 Å². The number of aromatic nitrogens is 1. The van der Waals surface area contributed by atoms with Crippen molar-refractivity contribution in [3.05, 3.63) is 24.0 Å². The van der Waals surface area contributed by atoms with Crippen LogP contribution in [0.25, 0.3) is 0 Å². The van der Waals surface area contributed by atoms with Crippen molar-refractivity contribution in [2.75, 3.05) is 11.9 Å². The molecular formula is C12H18N2. The van der Waals surface area contributed by atoms with E-state index in [1.807, 2.05) is 12.4 Å². The molecule has 1 aromatic rings. The summed E-state index contributed by atoms with van der Waals surface area (Å²) in [7, 11) is 0. The molecular weight excluding hydrogens is 172 g/mol. The van der Waals surface area contributed by atoms with Gasteiger partial charge in [0.25, 0.3) is 0 Å². The average Bonchev–Trinajstić information content (AvgIpc) is 2.99. The number of hydrogen-bond donors (Lipinski definition) is 1. The molecule has 2 heteroatoms. The maximum absolute atomic E-state index is 4.08. The minimum Gasteiger partial charge on any atom is -0.384 e. The van der Waals surface area contributed by atoms with Crippen molar-refractivity contribution in [2.45, 2.75) is 26.7 Å². The highest BCUT2D eigenvalue weighted by atomic mass is 14.9. The molecule has 0 aliphatic heterocycles. The molecule has 1 unspecified atom stereocenters. The first-order valence-corrected chi connectivity index (χ1v) is 5.42. The highest BCUT2D eigenvalue weighted by molar-refractivity contribution is 5.48. The second kappa shape index (κ2) is 3.99. The minimum absolute atomic E-state index is 0.808. The van der Waals surface area contributed by atoms with Crippen LogP contribution in [-0.4, -0.2) is 11.5 Å². The summed E-state index contributed by atoms with van der Waals surface area (Å²) in [5.74, 6) is 1.78. The van der Waals surface area contributed by atoms with Gasteiger partial charge in [0.15, 0.2) is 0 Å². The number of hydrogen-bond acceptors (Lipinski definition) is 2. The third kappa shape index (κ3) is 2.25. The van der Waals surface area contributed by atoms with Gasteiger partial charge in [0, 0.05) is 24.6 Å². The maximum atomic E-state index is 4.08. The van der Waals surface area contributed by atoms with Crippen LogP contribution in [0.4, 0.5) is 5.69 Å². The topological polar surface area (TPSA) is 24.9 Å². The van der Waals surface area contributed by atoms with E-state index in [1.54, 1.807) is 0 Å². The first-order valence-electron chi connectivity index (χ1n) is 5.42. The fourth-order valence-electron chi connectivity index (χ4n) is 1.77. The molecule has 1 heterocycles. The summed E-state index contributed by atoms with van der Waals surface area (Å²) in [4.78, 5) is 4.08. The molecule has 0 radical (unpaired) electrons. The van der Waals surface area contributed by atoms with E-state index in [4.69, 9.17) is 0 Å². The van der Waals surface area contributed by atoms with Crippen molar-refractivity contribution in [1.29, 1.82) is 0 Å². The Bertz CT molecular complexity index is 305. The number of nitrogens with one attached hydrogen (secondary N) is 1. The number of pyridine rings is 1. The zero-order valence-corrected chi connectivity index (χ0v) is 8.96. The first kappa shape index (κ1) is 9.50. The Kier molecular flexibility index (Phi) is 2.71. The van der Waals surface area contributed by atoms with Gasteiger partial charge in [-0.3, -0.25) is 4.98 Å². The SMILES string of the molecule is Cc1cnccc1NCC(C)C1CC1. The second-order valence-electron chi connectivity index (χ2n) is 4.39. The van der Waals surface area contributed by atoms with Crippen LogP contribution < -0.4 is 5.32 Å². The molecule has 1 saturated carbocycles. The largest absolute Gasteiger partial charge is 0.384 e. The van der Waals surface area contributed by atoms with Crippen LogP contribution in [0.15, 0.2) is 18.5 Å². The first-order chi connectivity index (χ1) is 6.77. The lowest BCUT2D eigenvalue weighted by Gasteiger charge is -2.13. The van der Waals surface area contributed by atoms with Crippen LogP contribution in [0.2, 0.25) is 0 Å². The average molecular weight is 190 g/mol. The smallest absolute Gasteiger partial charge is 0.0400 e. The van der Waals surface area contributed by atoms with Crippen LogP contribution in [0.3, 0.4) is 0 Å². The van der Waals surface area contributed by atoms with Crippen LogP contribution in [0.5, 0.6) is 0 Å². The summed E-state index contributed by atoms with van der Waals surface area (Å²) in [5, 5.41) is 3.49. The molecule has 2 nitrogen and oxygen atoms in total. The molecule has 1 fully saturated rings. The summed E-state index contributed by atoms with van der Waals surface area (Å²) in [5.41, 5.74) is 2.46. The fraction of sp³-hybridized carbons (Fsp3) is 0.583. The van der Waals surface area contributed by atoms with E-state index in [2.05, 4.69) is 30.2 Å². The molecule has 2 rings (SSSR count). The van der Waals surface area contributed by atoms with Crippen molar-refractivity contribution < 1.29 is 0 Å². The summed E-state index contributed by atoms with van der Waals surface area (Å²) < 4.78 is 0. The van der Waals surface area contributed by atoms with Gasteiger partial charge in [-0.05, 0) is 43.2 Å². The number of nitrogens with zero attached hydrogens (tertiary/aromatic N) is 1. The summed E-state index contributed by atoms with van der Waals surface area (Å²) in [6.45, 7) is 5.52.